The zero-order valence-electron chi connectivity index (χ0n) is 13.9. The first-order valence-electron chi connectivity index (χ1n) is 7.85. The summed E-state index contributed by atoms with van der Waals surface area (Å²) in [6.45, 7) is 1.64. The summed E-state index contributed by atoms with van der Waals surface area (Å²) in [7, 11) is 0. The van der Waals surface area contributed by atoms with Gasteiger partial charge in [-0.25, -0.2) is 18.9 Å². The number of hydrogen-bond donors (Lipinski definition) is 0. The highest BCUT2D eigenvalue weighted by Gasteiger charge is 2.65. The number of carbonyl (C=O) groups excluding carboxylic acids is 1. The summed E-state index contributed by atoms with van der Waals surface area (Å²) < 4.78 is 26.1. The first-order chi connectivity index (χ1) is 12.9. The fourth-order valence-electron chi connectivity index (χ4n) is 3.33. The van der Waals surface area contributed by atoms with E-state index < -0.39 is 23.3 Å². The molecular formula is C18H12Cl2FN3O3. The maximum absolute atomic E-state index is 13.5. The summed E-state index contributed by atoms with van der Waals surface area (Å²) in [4.78, 5) is 16.3. The van der Waals surface area contributed by atoms with Crippen molar-refractivity contribution in [3.05, 3.63) is 82.1 Å². The van der Waals surface area contributed by atoms with Gasteiger partial charge in [-0.1, -0.05) is 35.3 Å². The van der Waals surface area contributed by atoms with Gasteiger partial charge in [0.1, 0.15) is 18.5 Å². The number of benzene rings is 2. The van der Waals surface area contributed by atoms with Gasteiger partial charge in [-0.05, 0) is 37.3 Å². The van der Waals surface area contributed by atoms with E-state index in [0.717, 1.165) is 0 Å². The number of carbonyl (C=O) groups is 1. The van der Waals surface area contributed by atoms with Crippen molar-refractivity contribution in [2.45, 2.75) is 18.2 Å². The normalized spacial score (nSPS) is 24.5. The van der Waals surface area contributed by atoms with E-state index in [4.69, 9.17) is 32.7 Å². The van der Waals surface area contributed by atoms with Gasteiger partial charge in [0.15, 0.2) is 0 Å². The van der Waals surface area contributed by atoms with E-state index in [1.807, 2.05) is 0 Å². The third kappa shape index (κ3) is 2.57. The van der Waals surface area contributed by atoms with E-state index in [9.17, 15) is 9.18 Å². The maximum atomic E-state index is 13.5. The largest absolute Gasteiger partial charge is 0.512 e. The second kappa shape index (κ2) is 6.21. The van der Waals surface area contributed by atoms with Gasteiger partial charge in [-0.3, -0.25) is 0 Å². The summed E-state index contributed by atoms with van der Waals surface area (Å²) in [6, 6.07) is 10.3. The van der Waals surface area contributed by atoms with Crippen molar-refractivity contribution < 1.29 is 18.7 Å². The van der Waals surface area contributed by atoms with Crippen LogP contribution in [0.4, 0.5) is 9.18 Å². The molecule has 1 saturated heterocycles. The van der Waals surface area contributed by atoms with Crippen LogP contribution in [0.1, 0.15) is 18.1 Å². The summed E-state index contributed by atoms with van der Waals surface area (Å²) in [6.07, 6.45) is 1.75. The van der Waals surface area contributed by atoms with Gasteiger partial charge in [0, 0.05) is 16.1 Å². The number of cyclic esters (lactones) is 2. The minimum absolute atomic E-state index is 0.240. The molecule has 2 heterocycles. The lowest BCUT2D eigenvalue weighted by Gasteiger charge is -2.39. The molecule has 0 bridgehead atoms. The SMILES string of the molecule is CC1(c2ccc(F)cc2)OC(=O)OC1(c1ccc(Cl)cc1Cl)n1cncn1. The minimum atomic E-state index is -1.62. The van der Waals surface area contributed by atoms with Crippen LogP contribution < -0.4 is 0 Å². The van der Waals surface area contributed by atoms with E-state index in [2.05, 4.69) is 10.1 Å². The number of hydrogen-bond acceptors (Lipinski definition) is 5. The Kier molecular flexibility index (Phi) is 4.09. The molecule has 4 rings (SSSR count). The van der Waals surface area contributed by atoms with Gasteiger partial charge < -0.3 is 9.47 Å². The van der Waals surface area contributed by atoms with Crippen molar-refractivity contribution in [3.8, 4) is 0 Å². The Morgan fingerprint density at radius 2 is 1.85 bits per heavy atom. The molecule has 27 heavy (non-hydrogen) atoms. The van der Waals surface area contributed by atoms with Crippen LogP contribution in [-0.4, -0.2) is 20.9 Å². The topological polar surface area (TPSA) is 66.2 Å². The molecule has 0 aliphatic carbocycles. The lowest BCUT2D eigenvalue weighted by Crippen LogP contribution is -2.51. The molecule has 138 valence electrons. The first-order valence-corrected chi connectivity index (χ1v) is 8.61. The molecule has 2 atom stereocenters. The predicted octanol–water partition coefficient (Wildman–Crippen LogP) is 4.51. The van der Waals surface area contributed by atoms with Crippen molar-refractivity contribution in [2.24, 2.45) is 0 Å². The smallest absolute Gasteiger partial charge is 0.416 e. The molecule has 9 heteroatoms. The number of halogens is 3. The summed E-state index contributed by atoms with van der Waals surface area (Å²) in [5.41, 5.74) is -2.18. The highest BCUT2D eigenvalue weighted by atomic mass is 35.5. The van der Waals surface area contributed by atoms with Gasteiger partial charge in [0.05, 0.1) is 5.02 Å². The number of ether oxygens (including phenoxy) is 2. The number of nitrogens with zero attached hydrogens (tertiary/aromatic N) is 3. The zero-order valence-corrected chi connectivity index (χ0v) is 15.4. The Hall–Kier alpha value is -2.64. The molecule has 1 aromatic heterocycles. The fourth-order valence-corrected chi connectivity index (χ4v) is 3.87. The van der Waals surface area contributed by atoms with E-state index >= 15 is 0 Å². The van der Waals surface area contributed by atoms with Crippen molar-refractivity contribution in [2.75, 3.05) is 0 Å². The third-order valence-corrected chi connectivity index (χ3v) is 5.15. The lowest BCUT2D eigenvalue weighted by molar-refractivity contribution is -0.0792. The monoisotopic (exact) mass is 407 g/mol. The second-order valence-corrected chi connectivity index (χ2v) is 6.95. The molecule has 0 radical (unpaired) electrons. The van der Waals surface area contributed by atoms with Crippen LogP contribution in [0.2, 0.25) is 10.0 Å². The molecule has 1 fully saturated rings. The molecule has 0 amide bonds. The molecule has 0 saturated carbocycles. The van der Waals surface area contributed by atoms with Crippen LogP contribution in [0.25, 0.3) is 0 Å². The minimum Gasteiger partial charge on any atom is -0.416 e. The average Bonchev–Trinajstić information content (AvgIpc) is 3.23. The van der Waals surface area contributed by atoms with Crippen LogP contribution in [0.5, 0.6) is 0 Å². The Bertz CT molecular complexity index is 1010. The van der Waals surface area contributed by atoms with E-state index in [1.165, 1.54) is 47.7 Å². The van der Waals surface area contributed by atoms with E-state index in [0.29, 0.717) is 16.1 Å². The highest BCUT2D eigenvalue weighted by Crippen LogP contribution is 2.53. The third-order valence-electron chi connectivity index (χ3n) is 4.60. The van der Waals surface area contributed by atoms with E-state index in [1.54, 1.807) is 19.1 Å². The molecule has 0 spiro atoms. The highest BCUT2D eigenvalue weighted by molar-refractivity contribution is 6.35. The molecule has 6 nitrogen and oxygen atoms in total. The van der Waals surface area contributed by atoms with Gasteiger partial charge in [-0.15, -0.1) is 0 Å². The van der Waals surface area contributed by atoms with Crippen molar-refractivity contribution in [3.63, 3.8) is 0 Å². The fraction of sp³-hybridized carbons (Fsp3) is 0.167. The van der Waals surface area contributed by atoms with Gasteiger partial charge in [0.25, 0.3) is 5.72 Å². The molecule has 3 aromatic rings. The summed E-state index contributed by atoms with van der Waals surface area (Å²) in [5, 5.41) is 4.81. The van der Waals surface area contributed by atoms with Crippen molar-refractivity contribution in [1.29, 1.82) is 0 Å². The van der Waals surface area contributed by atoms with Crippen LogP contribution >= 0.6 is 23.2 Å². The second-order valence-electron chi connectivity index (χ2n) is 6.10. The molecule has 2 aromatic carbocycles. The molecule has 1 aliphatic heterocycles. The zero-order chi connectivity index (χ0) is 19.2. The number of rotatable bonds is 3. The summed E-state index contributed by atoms with van der Waals surface area (Å²) in [5.74, 6) is -0.427. The van der Waals surface area contributed by atoms with Crippen LogP contribution in [0.3, 0.4) is 0 Å². The maximum Gasteiger partial charge on any atom is 0.512 e. The van der Waals surface area contributed by atoms with Crippen LogP contribution in [0, 0.1) is 5.82 Å². The molecule has 1 aliphatic rings. The molecule has 2 unspecified atom stereocenters. The molecule has 0 N–H and O–H groups in total. The van der Waals surface area contributed by atoms with E-state index in [-0.39, 0.29) is 5.02 Å². The van der Waals surface area contributed by atoms with Gasteiger partial charge in [0.2, 0.25) is 5.60 Å². The van der Waals surface area contributed by atoms with Gasteiger partial charge >= 0.3 is 6.16 Å². The Labute approximate surface area is 163 Å². The van der Waals surface area contributed by atoms with Crippen LogP contribution in [0.15, 0.2) is 55.1 Å². The Balaban J connectivity index is 2.04. The first kappa shape index (κ1) is 17.8. The Morgan fingerprint density at radius 1 is 1.11 bits per heavy atom. The lowest BCUT2D eigenvalue weighted by atomic mass is 9.80. The standard InChI is InChI=1S/C18H12Cl2FN3O3/c1-17(11-2-5-13(21)6-3-11)18(27-16(25)26-17,24-10-22-9-23-24)14-7-4-12(19)8-15(14)20/h2-10H,1H3. The average molecular weight is 408 g/mol. The van der Waals surface area contributed by atoms with Gasteiger partial charge in [-0.2, -0.15) is 5.10 Å². The summed E-state index contributed by atoms with van der Waals surface area (Å²) >= 11 is 12.5. The molecular weight excluding hydrogens is 396 g/mol. The van der Waals surface area contributed by atoms with Crippen LogP contribution in [-0.2, 0) is 20.8 Å². The number of aromatic nitrogens is 3. The quantitative estimate of drug-likeness (QED) is 0.597. The van der Waals surface area contributed by atoms with Crippen molar-refractivity contribution in [1.82, 2.24) is 14.8 Å². The predicted molar refractivity (Wildman–Crippen MR) is 94.9 cm³/mol. The van der Waals surface area contributed by atoms with Crippen molar-refractivity contribution >= 4 is 29.4 Å². The Morgan fingerprint density at radius 3 is 2.48 bits per heavy atom.